The third-order valence-electron chi connectivity index (χ3n) is 4.31. The standard InChI is InChI=1S/C14H14N4O4/c19-11-3-10(12(20)13(11)21)18-5-17-8-2-7-6(1-9(8)18)14(22)16-4-15-7/h1-2,4-5,10-13,19-21H,3H2,(H,15,16,22)/t10-,11+,12+,13-/m1/s1. The molecule has 4 rings (SSSR count). The molecule has 0 radical (unpaired) electrons. The van der Waals surface area contributed by atoms with Gasteiger partial charge in [0.15, 0.2) is 0 Å². The second-order valence-electron chi connectivity index (χ2n) is 5.59. The van der Waals surface area contributed by atoms with Crippen molar-refractivity contribution in [3.63, 3.8) is 0 Å². The Hall–Kier alpha value is -2.29. The first kappa shape index (κ1) is 13.4. The molecule has 1 aromatic carbocycles. The maximum atomic E-state index is 11.9. The summed E-state index contributed by atoms with van der Waals surface area (Å²) in [5, 5.41) is 30.0. The number of hydrogen-bond donors (Lipinski definition) is 4. The van der Waals surface area contributed by atoms with Gasteiger partial charge in [0.1, 0.15) is 12.2 Å². The second-order valence-corrected chi connectivity index (χ2v) is 5.59. The van der Waals surface area contributed by atoms with Crippen LogP contribution in [0.5, 0.6) is 0 Å². The largest absolute Gasteiger partial charge is 0.390 e. The molecule has 2 aromatic heterocycles. The number of aliphatic hydroxyl groups is 3. The third kappa shape index (κ3) is 1.78. The van der Waals surface area contributed by atoms with Gasteiger partial charge in [-0.25, -0.2) is 9.97 Å². The Balaban J connectivity index is 1.93. The van der Waals surface area contributed by atoms with Gasteiger partial charge >= 0.3 is 0 Å². The summed E-state index contributed by atoms with van der Waals surface area (Å²) in [4.78, 5) is 22.8. The zero-order chi connectivity index (χ0) is 15.4. The lowest BCUT2D eigenvalue weighted by molar-refractivity contribution is -0.0244. The van der Waals surface area contributed by atoms with E-state index >= 15 is 0 Å². The fourth-order valence-electron chi connectivity index (χ4n) is 3.11. The molecule has 0 bridgehead atoms. The zero-order valence-electron chi connectivity index (χ0n) is 11.4. The van der Waals surface area contributed by atoms with Crippen LogP contribution in [0.25, 0.3) is 21.9 Å². The van der Waals surface area contributed by atoms with Crippen molar-refractivity contribution in [3.05, 3.63) is 35.1 Å². The smallest absolute Gasteiger partial charge is 0.258 e. The van der Waals surface area contributed by atoms with Crippen molar-refractivity contribution in [1.82, 2.24) is 19.5 Å². The summed E-state index contributed by atoms with van der Waals surface area (Å²) < 4.78 is 1.69. The van der Waals surface area contributed by atoms with Crippen LogP contribution in [0.15, 0.2) is 29.6 Å². The second kappa shape index (κ2) is 4.60. The number of benzene rings is 1. The molecule has 4 atom stereocenters. The van der Waals surface area contributed by atoms with Gasteiger partial charge in [-0.05, 0) is 18.6 Å². The van der Waals surface area contributed by atoms with Crippen molar-refractivity contribution in [2.75, 3.05) is 0 Å². The van der Waals surface area contributed by atoms with Crippen LogP contribution < -0.4 is 5.56 Å². The van der Waals surface area contributed by atoms with Crippen molar-refractivity contribution in [3.8, 4) is 0 Å². The predicted molar refractivity (Wildman–Crippen MR) is 77.3 cm³/mol. The van der Waals surface area contributed by atoms with Crippen LogP contribution in [0.3, 0.4) is 0 Å². The van der Waals surface area contributed by atoms with E-state index in [0.717, 1.165) is 0 Å². The van der Waals surface area contributed by atoms with Crippen LogP contribution in [0.2, 0.25) is 0 Å². The van der Waals surface area contributed by atoms with Gasteiger partial charge in [-0.15, -0.1) is 0 Å². The molecule has 0 unspecified atom stereocenters. The number of rotatable bonds is 1. The highest BCUT2D eigenvalue weighted by atomic mass is 16.4. The summed E-state index contributed by atoms with van der Waals surface area (Å²) in [5.41, 5.74) is 1.56. The van der Waals surface area contributed by atoms with Crippen LogP contribution in [0.1, 0.15) is 12.5 Å². The molecule has 22 heavy (non-hydrogen) atoms. The van der Waals surface area contributed by atoms with Crippen LogP contribution in [-0.2, 0) is 0 Å². The molecule has 4 N–H and O–H groups in total. The number of H-pyrrole nitrogens is 1. The van der Waals surface area contributed by atoms with E-state index in [1.165, 1.54) is 12.7 Å². The molecule has 1 aliphatic rings. The quantitative estimate of drug-likeness (QED) is 0.471. The fraction of sp³-hybridized carbons (Fsp3) is 0.357. The van der Waals surface area contributed by atoms with E-state index < -0.39 is 24.4 Å². The van der Waals surface area contributed by atoms with Gasteiger partial charge in [0.25, 0.3) is 5.56 Å². The first-order chi connectivity index (χ1) is 10.6. The molecule has 0 spiro atoms. The maximum absolute atomic E-state index is 11.9. The molecular formula is C14H14N4O4. The lowest BCUT2D eigenvalue weighted by Crippen LogP contribution is -2.31. The molecule has 3 aromatic rings. The van der Waals surface area contributed by atoms with E-state index in [4.69, 9.17) is 0 Å². The summed E-state index contributed by atoms with van der Waals surface area (Å²) in [6.07, 6.45) is -0.168. The minimum absolute atomic E-state index is 0.217. The van der Waals surface area contributed by atoms with E-state index in [1.807, 2.05) is 0 Å². The minimum atomic E-state index is -1.19. The molecule has 1 saturated carbocycles. The molecule has 0 amide bonds. The number of imidazole rings is 1. The Labute approximate surface area is 123 Å². The van der Waals surface area contributed by atoms with Crippen molar-refractivity contribution >= 4 is 21.9 Å². The van der Waals surface area contributed by atoms with Gasteiger partial charge in [0, 0.05) is 0 Å². The van der Waals surface area contributed by atoms with Crippen molar-refractivity contribution in [2.45, 2.75) is 30.8 Å². The van der Waals surface area contributed by atoms with Crippen LogP contribution in [-0.4, -0.2) is 53.2 Å². The third-order valence-corrected chi connectivity index (χ3v) is 4.31. The summed E-state index contributed by atoms with van der Waals surface area (Å²) in [7, 11) is 0. The Morgan fingerprint density at radius 2 is 1.95 bits per heavy atom. The summed E-state index contributed by atoms with van der Waals surface area (Å²) in [5.74, 6) is 0. The molecule has 1 fully saturated rings. The Bertz CT molecular complexity index is 918. The summed E-state index contributed by atoms with van der Waals surface area (Å²) in [6.45, 7) is 0. The van der Waals surface area contributed by atoms with Gasteiger partial charge in [-0.3, -0.25) is 4.79 Å². The van der Waals surface area contributed by atoms with E-state index in [0.29, 0.717) is 21.9 Å². The highest BCUT2D eigenvalue weighted by Gasteiger charge is 2.41. The normalized spacial score (nSPS) is 28.7. The van der Waals surface area contributed by atoms with Gasteiger partial charge in [0.2, 0.25) is 0 Å². The molecule has 8 nitrogen and oxygen atoms in total. The summed E-state index contributed by atoms with van der Waals surface area (Å²) in [6, 6.07) is 2.86. The number of aliphatic hydroxyl groups excluding tert-OH is 3. The number of fused-ring (bicyclic) bond motifs is 2. The Morgan fingerprint density at radius 1 is 1.14 bits per heavy atom. The average molecular weight is 302 g/mol. The number of hydrogen-bond acceptors (Lipinski definition) is 6. The van der Waals surface area contributed by atoms with Gasteiger partial charge in [-0.2, -0.15) is 0 Å². The topological polar surface area (TPSA) is 124 Å². The SMILES string of the molecule is O=c1[nH]cnc2cc3ncn([C@@H]4C[C@H](O)[C@@H](O)[C@H]4O)c3cc12. The molecular weight excluding hydrogens is 288 g/mol. The van der Waals surface area contributed by atoms with Gasteiger partial charge in [0.05, 0.1) is 46.7 Å². The fourth-order valence-corrected chi connectivity index (χ4v) is 3.11. The molecule has 1 aliphatic carbocycles. The number of aromatic amines is 1. The van der Waals surface area contributed by atoms with E-state index in [2.05, 4.69) is 15.0 Å². The van der Waals surface area contributed by atoms with Gasteiger partial charge in [-0.1, -0.05) is 0 Å². The van der Waals surface area contributed by atoms with E-state index in [9.17, 15) is 20.1 Å². The lowest BCUT2D eigenvalue weighted by atomic mass is 10.1. The van der Waals surface area contributed by atoms with Crippen molar-refractivity contribution in [2.24, 2.45) is 0 Å². The lowest BCUT2D eigenvalue weighted by Gasteiger charge is -2.18. The highest BCUT2D eigenvalue weighted by Crippen LogP contribution is 2.33. The van der Waals surface area contributed by atoms with Crippen molar-refractivity contribution in [1.29, 1.82) is 0 Å². The average Bonchev–Trinajstić information content (AvgIpc) is 3.02. The highest BCUT2D eigenvalue weighted by molar-refractivity contribution is 5.92. The first-order valence-corrected chi connectivity index (χ1v) is 6.94. The molecule has 8 heteroatoms. The Morgan fingerprint density at radius 3 is 2.68 bits per heavy atom. The molecule has 2 heterocycles. The minimum Gasteiger partial charge on any atom is -0.390 e. The van der Waals surface area contributed by atoms with Crippen LogP contribution in [0, 0.1) is 0 Å². The number of nitrogens with one attached hydrogen (secondary N) is 1. The maximum Gasteiger partial charge on any atom is 0.258 e. The van der Waals surface area contributed by atoms with Crippen molar-refractivity contribution < 1.29 is 15.3 Å². The van der Waals surface area contributed by atoms with E-state index in [-0.39, 0.29) is 12.0 Å². The predicted octanol–water partition coefficient (Wildman–Crippen LogP) is -0.700. The number of aromatic nitrogens is 4. The van der Waals surface area contributed by atoms with Crippen LogP contribution >= 0.6 is 0 Å². The van der Waals surface area contributed by atoms with Gasteiger partial charge < -0.3 is 24.9 Å². The zero-order valence-corrected chi connectivity index (χ0v) is 11.4. The summed E-state index contributed by atoms with van der Waals surface area (Å²) >= 11 is 0. The molecule has 0 saturated heterocycles. The molecule has 0 aliphatic heterocycles. The monoisotopic (exact) mass is 302 g/mol. The number of nitrogens with zero attached hydrogens (tertiary/aromatic N) is 3. The van der Waals surface area contributed by atoms with Crippen LogP contribution in [0.4, 0.5) is 0 Å². The molecule has 114 valence electrons. The first-order valence-electron chi connectivity index (χ1n) is 6.94. The van der Waals surface area contributed by atoms with E-state index in [1.54, 1.807) is 16.7 Å². The Kier molecular flexibility index (Phi) is 2.80.